The van der Waals surface area contributed by atoms with Gasteiger partial charge in [-0.2, -0.15) is 0 Å². The van der Waals surface area contributed by atoms with Crippen LogP contribution in [0.15, 0.2) is 0 Å². The third-order valence-electron chi connectivity index (χ3n) is 3.13. The van der Waals surface area contributed by atoms with Crippen LogP contribution in [-0.2, 0) is 0 Å². The standard InChI is InChI=1S/C11H22FN/c1-4-7-13-8-5-6-11(12,9-13)10(2)3/h10H,4-9H2,1-3H3. The Kier molecular flexibility index (Phi) is 3.72. The minimum atomic E-state index is -0.923. The maximum atomic E-state index is 14.2. The van der Waals surface area contributed by atoms with Gasteiger partial charge in [0.2, 0.25) is 0 Å². The summed E-state index contributed by atoms with van der Waals surface area (Å²) in [5.41, 5.74) is -0.923. The van der Waals surface area contributed by atoms with Crippen molar-refractivity contribution in [1.82, 2.24) is 4.90 Å². The van der Waals surface area contributed by atoms with Crippen molar-refractivity contribution in [2.24, 2.45) is 5.92 Å². The summed E-state index contributed by atoms with van der Waals surface area (Å²) in [4.78, 5) is 2.27. The van der Waals surface area contributed by atoms with Crippen molar-refractivity contribution in [3.8, 4) is 0 Å². The molecule has 0 radical (unpaired) electrons. The molecule has 2 heteroatoms. The molecular weight excluding hydrogens is 165 g/mol. The number of nitrogens with zero attached hydrogens (tertiary/aromatic N) is 1. The van der Waals surface area contributed by atoms with E-state index in [-0.39, 0.29) is 5.92 Å². The van der Waals surface area contributed by atoms with Gasteiger partial charge in [0.15, 0.2) is 0 Å². The lowest BCUT2D eigenvalue weighted by Crippen LogP contribution is -2.48. The van der Waals surface area contributed by atoms with Crippen LogP contribution in [0, 0.1) is 5.92 Å². The summed E-state index contributed by atoms with van der Waals surface area (Å²) >= 11 is 0. The Morgan fingerprint density at radius 2 is 2.15 bits per heavy atom. The Morgan fingerprint density at radius 3 is 2.69 bits per heavy atom. The lowest BCUT2D eigenvalue weighted by atomic mass is 9.84. The highest BCUT2D eigenvalue weighted by Gasteiger charge is 2.37. The van der Waals surface area contributed by atoms with Crippen molar-refractivity contribution in [3.05, 3.63) is 0 Å². The average Bonchev–Trinajstić information content (AvgIpc) is 2.04. The van der Waals surface area contributed by atoms with Gasteiger partial charge in [0, 0.05) is 6.54 Å². The Labute approximate surface area is 81.3 Å². The average molecular weight is 187 g/mol. The fourth-order valence-corrected chi connectivity index (χ4v) is 2.10. The summed E-state index contributed by atoms with van der Waals surface area (Å²) in [6.45, 7) is 8.94. The van der Waals surface area contributed by atoms with Gasteiger partial charge < -0.3 is 4.90 Å². The molecule has 0 N–H and O–H groups in total. The van der Waals surface area contributed by atoms with Crippen LogP contribution in [0.4, 0.5) is 4.39 Å². The molecule has 0 aromatic rings. The molecule has 78 valence electrons. The van der Waals surface area contributed by atoms with Crippen molar-refractivity contribution in [2.75, 3.05) is 19.6 Å². The van der Waals surface area contributed by atoms with Gasteiger partial charge in [-0.05, 0) is 38.3 Å². The molecule has 0 aliphatic carbocycles. The third kappa shape index (κ3) is 2.67. The molecule has 0 spiro atoms. The summed E-state index contributed by atoms with van der Waals surface area (Å²) in [5, 5.41) is 0. The zero-order valence-corrected chi connectivity index (χ0v) is 9.15. The number of hydrogen-bond donors (Lipinski definition) is 0. The molecule has 1 unspecified atom stereocenters. The molecule has 1 fully saturated rings. The first-order valence-electron chi connectivity index (χ1n) is 5.50. The molecule has 1 saturated heterocycles. The van der Waals surface area contributed by atoms with E-state index in [9.17, 15) is 4.39 Å². The van der Waals surface area contributed by atoms with Gasteiger partial charge in [-0.25, -0.2) is 4.39 Å². The molecule has 0 aromatic heterocycles. The van der Waals surface area contributed by atoms with Crippen molar-refractivity contribution in [3.63, 3.8) is 0 Å². The van der Waals surface area contributed by atoms with E-state index in [1.807, 2.05) is 13.8 Å². The Balaban J connectivity index is 2.49. The van der Waals surface area contributed by atoms with Crippen molar-refractivity contribution in [2.45, 2.75) is 45.7 Å². The van der Waals surface area contributed by atoms with E-state index in [2.05, 4.69) is 11.8 Å². The molecule has 0 aromatic carbocycles. The largest absolute Gasteiger partial charge is 0.300 e. The zero-order chi connectivity index (χ0) is 9.90. The second-order valence-electron chi connectivity index (χ2n) is 4.57. The predicted molar refractivity (Wildman–Crippen MR) is 54.6 cm³/mol. The third-order valence-corrected chi connectivity index (χ3v) is 3.13. The number of alkyl halides is 1. The quantitative estimate of drug-likeness (QED) is 0.656. The maximum Gasteiger partial charge on any atom is 0.126 e. The van der Waals surface area contributed by atoms with E-state index in [4.69, 9.17) is 0 Å². The van der Waals surface area contributed by atoms with Gasteiger partial charge in [0.25, 0.3) is 0 Å². The van der Waals surface area contributed by atoms with Gasteiger partial charge in [-0.1, -0.05) is 20.8 Å². The molecule has 1 heterocycles. The van der Waals surface area contributed by atoms with E-state index in [1.165, 1.54) is 0 Å². The lowest BCUT2D eigenvalue weighted by molar-refractivity contribution is 0.00827. The van der Waals surface area contributed by atoms with Gasteiger partial charge in [0.05, 0.1) is 0 Å². The predicted octanol–water partition coefficient (Wildman–Crippen LogP) is 2.86. The van der Waals surface area contributed by atoms with E-state index in [0.717, 1.165) is 32.4 Å². The van der Waals surface area contributed by atoms with E-state index in [1.54, 1.807) is 0 Å². The molecule has 1 nitrogen and oxygen atoms in total. The molecule has 0 saturated carbocycles. The fraction of sp³-hybridized carbons (Fsp3) is 1.00. The first-order valence-corrected chi connectivity index (χ1v) is 5.50. The number of rotatable bonds is 3. The first-order chi connectivity index (χ1) is 6.08. The monoisotopic (exact) mass is 187 g/mol. The van der Waals surface area contributed by atoms with Gasteiger partial charge >= 0.3 is 0 Å². The molecule has 1 aliphatic rings. The van der Waals surface area contributed by atoms with Gasteiger partial charge in [-0.3, -0.25) is 0 Å². The molecule has 1 rings (SSSR count). The number of halogens is 1. The Hall–Kier alpha value is -0.110. The second-order valence-corrected chi connectivity index (χ2v) is 4.57. The molecule has 0 bridgehead atoms. The Morgan fingerprint density at radius 1 is 1.46 bits per heavy atom. The summed E-state index contributed by atoms with van der Waals surface area (Å²) in [7, 11) is 0. The highest BCUT2D eigenvalue weighted by atomic mass is 19.1. The smallest absolute Gasteiger partial charge is 0.126 e. The van der Waals surface area contributed by atoms with Crippen LogP contribution in [-0.4, -0.2) is 30.2 Å². The summed E-state index contributed by atoms with van der Waals surface area (Å²) in [6, 6.07) is 0. The highest BCUT2D eigenvalue weighted by Crippen LogP contribution is 2.32. The minimum Gasteiger partial charge on any atom is -0.300 e. The number of piperidine rings is 1. The first kappa shape index (κ1) is 11.0. The van der Waals surface area contributed by atoms with E-state index < -0.39 is 5.67 Å². The number of likely N-dealkylation sites (tertiary alicyclic amines) is 1. The van der Waals surface area contributed by atoms with Gasteiger partial charge in [-0.15, -0.1) is 0 Å². The van der Waals surface area contributed by atoms with Crippen molar-refractivity contribution >= 4 is 0 Å². The summed E-state index contributed by atoms with van der Waals surface area (Å²) in [5.74, 6) is 0.159. The van der Waals surface area contributed by atoms with Crippen LogP contribution in [0.3, 0.4) is 0 Å². The summed E-state index contributed by atoms with van der Waals surface area (Å²) in [6.07, 6.45) is 2.91. The van der Waals surface area contributed by atoms with Crippen LogP contribution >= 0.6 is 0 Å². The minimum absolute atomic E-state index is 0.159. The molecule has 1 atom stereocenters. The molecule has 13 heavy (non-hydrogen) atoms. The SMILES string of the molecule is CCCN1CCCC(F)(C(C)C)C1. The summed E-state index contributed by atoms with van der Waals surface area (Å²) < 4.78 is 14.2. The van der Waals surface area contributed by atoms with Crippen LogP contribution in [0.1, 0.15) is 40.0 Å². The number of hydrogen-bond acceptors (Lipinski definition) is 1. The van der Waals surface area contributed by atoms with E-state index >= 15 is 0 Å². The second kappa shape index (κ2) is 4.41. The highest BCUT2D eigenvalue weighted by molar-refractivity contribution is 4.89. The molecular formula is C11H22FN. The van der Waals surface area contributed by atoms with Crippen molar-refractivity contribution in [1.29, 1.82) is 0 Å². The zero-order valence-electron chi connectivity index (χ0n) is 9.15. The topological polar surface area (TPSA) is 3.24 Å². The van der Waals surface area contributed by atoms with Crippen LogP contribution in [0.5, 0.6) is 0 Å². The molecule has 1 aliphatic heterocycles. The maximum absolute atomic E-state index is 14.2. The lowest BCUT2D eigenvalue weighted by Gasteiger charge is -2.39. The van der Waals surface area contributed by atoms with Gasteiger partial charge in [0.1, 0.15) is 5.67 Å². The van der Waals surface area contributed by atoms with Crippen LogP contribution in [0.2, 0.25) is 0 Å². The van der Waals surface area contributed by atoms with Crippen LogP contribution in [0.25, 0.3) is 0 Å². The van der Waals surface area contributed by atoms with Crippen LogP contribution < -0.4 is 0 Å². The van der Waals surface area contributed by atoms with E-state index in [0.29, 0.717) is 6.54 Å². The Bertz CT molecular complexity index is 156. The molecule has 0 amide bonds. The van der Waals surface area contributed by atoms with Crippen molar-refractivity contribution < 1.29 is 4.39 Å². The normalized spacial score (nSPS) is 31.2. The fourth-order valence-electron chi connectivity index (χ4n) is 2.10.